The summed E-state index contributed by atoms with van der Waals surface area (Å²) in [6.07, 6.45) is 4.11. The summed E-state index contributed by atoms with van der Waals surface area (Å²) in [7, 11) is 3.29. The van der Waals surface area contributed by atoms with E-state index >= 15 is 0 Å². The average molecular weight is 373 g/mol. The molecular weight excluding hydrogens is 346 g/mol. The highest BCUT2D eigenvalue weighted by Gasteiger charge is 2.29. The van der Waals surface area contributed by atoms with Crippen molar-refractivity contribution < 1.29 is 14.3 Å². The predicted molar refractivity (Wildman–Crippen MR) is 100 cm³/mol. The lowest BCUT2D eigenvalue weighted by Gasteiger charge is -2.28. The Balaban J connectivity index is 1.75. The number of carbonyl (C=O) groups excluding carboxylic acids is 1. The molecule has 2 aromatic rings. The minimum absolute atomic E-state index is 0.00137. The van der Waals surface area contributed by atoms with Crippen molar-refractivity contribution in [3.05, 3.63) is 23.5 Å². The Morgan fingerprint density at radius 2 is 2.19 bits per heavy atom. The number of ether oxygens (including phenoxy) is 2. The number of rotatable bonds is 6. The first-order chi connectivity index (χ1) is 13.0. The van der Waals surface area contributed by atoms with Crippen molar-refractivity contribution in [1.29, 1.82) is 0 Å². The standard InChI is InChI=1S/C19H27N5O3/c1-12-17(27-14-6-4-5-13(11-14)19(25)26-3)8-7-15(21-12)18-16(9-10-20)24(2)23-22-18/h7-8,13-14H,4-6,9-11,20H2,1-3H3/t13-,14-/m0/s1. The average Bonchev–Trinajstić information content (AvgIpc) is 3.04. The molecule has 1 fully saturated rings. The van der Waals surface area contributed by atoms with Gasteiger partial charge in [0.1, 0.15) is 11.4 Å². The minimum atomic E-state index is -0.149. The zero-order chi connectivity index (χ0) is 19.4. The fraction of sp³-hybridized carbons (Fsp3) is 0.579. The molecule has 0 aliphatic heterocycles. The van der Waals surface area contributed by atoms with Crippen LogP contribution in [0.5, 0.6) is 5.75 Å². The molecule has 1 aliphatic rings. The maximum atomic E-state index is 11.8. The first-order valence-corrected chi connectivity index (χ1v) is 9.34. The Kier molecular flexibility index (Phi) is 6.05. The number of nitrogens with zero attached hydrogens (tertiary/aromatic N) is 4. The van der Waals surface area contributed by atoms with E-state index in [0.29, 0.717) is 19.4 Å². The van der Waals surface area contributed by atoms with Crippen LogP contribution >= 0.6 is 0 Å². The second-order valence-electron chi connectivity index (χ2n) is 6.95. The summed E-state index contributed by atoms with van der Waals surface area (Å²) in [6, 6.07) is 3.81. The second-order valence-corrected chi connectivity index (χ2v) is 6.95. The third kappa shape index (κ3) is 4.27. The lowest BCUT2D eigenvalue weighted by Crippen LogP contribution is -2.30. The van der Waals surface area contributed by atoms with Crippen LogP contribution in [0.15, 0.2) is 12.1 Å². The van der Waals surface area contributed by atoms with Gasteiger partial charge in [0, 0.05) is 13.5 Å². The molecule has 0 unspecified atom stereocenters. The first kappa shape index (κ1) is 19.3. The van der Waals surface area contributed by atoms with E-state index in [1.807, 2.05) is 26.1 Å². The molecule has 0 amide bonds. The molecule has 2 aromatic heterocycles. The molecule has 8 heteroatoms. The van der Waals surface area contributed by atoms with Gasteiger partial charge in [-0.15, -0.1) is 5.10 Å². The lowest BCUT2D eigenvalue weighted by atomic mass is 9.87. The predicted octanol–water partition coefficient (Wildman–Crippen LogP) is 1.80. The first-order valence-electron chi connectivity index (χ1n) is 9.34. The zero-order valence-electron chi connectivity index (χ0n) is 16.1. The van der Waals surface area contributed by atoms with E-state index in [2.05, 4.69) is 15.3 Å². The molecule has 2 atom stereocenters. The Hall–Kier alpha value is -2.48. The van der Waals surface area contributed by atoms with Gasteiger partial charge < -0.3 is 15.2 Å². The van der Waals surface area contributed by atoms with Crippen molar-refractivity contribution >= 4 is 5.97 Å². The van der Waals surface area contributed by atoms with Crippen LogP contribution in [-0.4, -0.2) is 45.7 Å². The molecule has 0 bridgehead atoms. The van der Waals surface area contributed by atoms with Gasteiger partial charge in [-0.25, -0.2) is 4.98 Å². The van der Waals surface area contributed by atoms with Gasteiger partial charge in [-0.2, -0.15) is 0 Å². The van der Waals surface area contributed by atoms with E-state index in [1.54, 1.807) is 4.68 Å². The van der Waals surface area contributed by atoms with Gasteiger partial charge >= 0.3 is 5.97 Å². The molecule has 1 saturated carbocycles. The smallest absolute Gasteiger partial charge is 0.308 e. The molecule has 0 radical (unpaired) electrons. The van der Waals surface area contributed by atoms with Gasteiger partial charge in [0.05, 0.1) is 36.2 Å². The number of hydrogen-bond donors (Lipinski definition) is 1. The molecule has 8 nitrogen and oxygen atoms in total. The fourth-order valence-corrected chi connectivity index (χ4v) is 3.61. The summed E-state index contributed by atoms with van der Waals surface area (Å²) >= 11 is 0. The van der Waals surface area contributed by atoms with Crippen molar-refractivity contribution in [2.24, 2.45) is 18.7 Å². The second kappa shape index (κ2) is 8.47. The minimum Gasteiger partial charge on any atom is -0.489 e. The van der Waals surface area contributed by atoms with Gasteiger partial charge in [0.25, 0.3) is 0 Å². The highest BCUT2D eigenvalue weighted by molar-refractivity contribution is 5.72. The van der Waals surface area contributed by atoms with Gasteiger partial charge in [-0.05, 0) is 51.3 Å². The van der Waals surface area contributed by atoms with Crippen molar-refractivity contribution in [3.8, 4) is 17.1 Å². The normalized spacial score (nSPS) is 19.7. The number of methoxy groups -OCH3 is 1. The third-order valence-electron chi connectivity index (χ3n) is 5.06. The van der Waals surface area contributed by atoms with Crippen LogP contribution in [0.4, 0.5) is 0 Å². The van der Waals surface area contributed by atoms with Gasteiger partial charge in [0.2, 0.25) is 0 Å². The van der Waals surface area contributed by atoms with E-state index in [1.165, 1.54) is 7.11 Å². The summed E-state index contributed by atoms with van der Waals surface area (Å²) in [4.78, 5) is 16.5. The summed E-state index contributed by atoms with van der Waals surface area (Å²) in [5, 5.41) is 8.32. The summed E-state index contributed by atoms with van der Waals surface area (Å²) in [6.45, 7) is 2.44. The highest BCUT2D eigenvalue weighted by atomic mass is 16.5. The maximum Gasteiger partial charge on any atom is 0.308 e. The molecule has 27 heavy (non-hydrogen) atoms. The summed E-state index contributed by atoms with van der Waals surface area (Å²) in [5.41, 5.74) is 8.95. The maximum absolute atomic E-state index is 11.8. The van der Waals surface area contributed by atoms with Crippen molar-refractivity contribution in [2.45, 2.75) is 45.1 Å². The molecular formula is C19H27N5O3. The molecule has 2 N–H and O–H groups in total. The largest absolute Gasteiger partial charge is 0.489 e. The molecule has 2 heterocycles. The zero-order valence-corrected chi connectivity index (χ0v) is 16.1. The Bertz CT molecular complexity index is 805. The van der Waals surface area contributed by atoms with Crippen LogP contribution in [0, 0.1) is 12.8 Å². The lowest BCUT2D eigenvalue weighted by molar-refractivity contribution is -0.147. The molecule has 0 aromatic carbocycles. The van der Waals surface area contributed by atoms with Crippen LogP contribution in [0.25, 0.3) is 11.4 Å². The SMILES string of the molecule is COC(=O)[C@H]1CCC[C@H](Oc2ccc(-c3nnn(C)c3CCN)nc2C)C1. The highest BCUT2D eigenvalue weighted by Crippen LogP contribution is 2.30. The molecule has 0 saturated heterocycles. The van der Waals surface area contributed by atoms with E-state index < -0.39 is 0 Å². The number of nitrogens with two attached hydrogens (primary N) is 1. The number of esters is 1. The summed E-state index contributed by atoms with van der Waals surface area (Å²) in [5.74, 6) is 0.502. The van der Waals surface area contributed by atoms with E-state index in [0.717, 1.165) is 47.8 Å². The van der Waals surface area contributed by atoms with Crippen molar-refractivity contribution in [2.75, 3.05) is 13.7 Å². The molecule has 3 rings (SSSR count). The molecule has 0 spiro atoms. The van der Waals surface area contributed by atoms with Crippen LogP contribution < -0.4 is 10.5 Å². The van der Waals surface area contributed by atoms with Crippen molar-refractivity contribution in [1.82, 2.24) is 20.0 Å². The Morgan fingerprint density at radius 3 is 2.89 bits per heavy atom. The van der Waals surface area contributed by atoms with Gasteiger partial charge in [-0.3, -0.25) is 9.48 Å². The van der Waals surface area contributed by atoms with E-state index in [9.17, 15) is 4.79 Å². The number of pyridine rings is 1. The number of aromatic nitrogens is 4. The Morgan fingerprint density at radius 1 is 1.37 bits per heavy atom. The quantitative estimate of drug-likeness (QED) is 0.770. The monoisotopic (exact) mass is 373 g/mol. The van der Waals surface area contributed by atoms with Crippen LogP contribution in [0.2, 0.25) is 0 Å². The fourth-order valence-electron chi connectivity index (χ4n) is 3.61. The third-order valence-corrected chi connectivity index (χ3v) is 5.06. The Labute approximate surface area is 159 Å². The number of aryl methyl sites for hydroxylation is 2. The van der Waals surface area contributed by atoms with Gasteiger partial charge in [0.15, 0.2) is 0 Å². The topological polar surface area (TPSA) is 105 Å². The van der Waals surface area contributed by atoms with Gasteiger partial charge in [-0.1, -0.05) is 5.21 Å². The van der Waals surface area contributed by atoms with Crippen molar-refractivity contribution in [3.63, 3.8) is 0 Å². The van der Waals surface area contributed by atoms with E-state index in [4.69, 9.17) is 15.2 Å². The summed E-state index contributed by atoms with van der Waals surface area (Å²) < 4.78 is 12.8. The van der Waals surface area contributed by atoms with Crippen LogP contribution in [0.3, 0.4) is 0 Å². The molecule has 1 aliphatic carbocycles. The molecule has 146 valence electrons. The number of hydrogen-bond acceptors (Lipinski definition) is 7. The van der Waals surface area contributed by atoms with E-state index in [-0.39, 0.29) is 18.0 Å². The number of carbonyl (C=O) groups is 1. The van der Waals surface area contributed by atoms with Crippen LogP contribution in [0.1, 0.15) is 37.1 Å². The van der Waals surface area contributed by atoms with Crippen LogP contribution in [-0.2, 0) is 23.0 Å².